The third kappa shape index (κ3) is 4.35. The highest BCUT2D eigenvalue weighted by molar-refractivity contribution is 5.14. The second-order valence-corrected chi connectivity index (χ2v) is 5.40. The summed E-state index contributed by atoms with van der Waals surface area (Å²) in [5, 5.41) is 3.52. The largest absolute Gasteiger partial charge is 0.383 e. The topological polar surface area (TPSA) is 21.3 Å². The molecular formula is C13H25NO. The first-order valence-electron chi connectivity index (χ1n) is 5.96. The Morgan fingerprint density at radius 3 is 2.67 bits per heavy atom. The molecule has 0 fully saturated rings. The molecule has 1 rings (SSSR count). The lowest BCUT2D eigenvalue weighted by molar-refractivity contribution is 0.194. The average molecular weight is 211 g/mol. The van der Waals surface area contributed by atoms with Gasteiger partial charge in [-0.2, -0.15) is 0 Å². The monoisotopic (exact) mass is 211 g/mol. The van der Waals surface area contributed by atoms with Crippen LogP contribution in [0.1, 0.15) is 40.0 Å². The Labute approximate surface area is 94.1 Å². The first-order valence-corrected chi connectivity index (χ1v) is 5.96. The number of ether oxygens (including phenoxy) is 1. The first-order chi connectivity index (χ1) is 7.04. The van der Waals surface area contributed by atoms with Crippen molar-refractivity contribution >= 4 is 0 Å². The van der Waals surface area contributed by atoms with Gasteiger partial charge in [-0.25, -0.2) is 0 Å². The smallest absolute Gasteiger partial charge is 0.0587 e. The molecule has 1 atom stereocenters. The maximum absolute atomic E-state index is 5.03. The molecule has 0 aromatic carbocycles. The molecule has 0 spiro atoms. The second-order valence-electron chi connectivity index (χ2n) is 5.40. The molecule has 0 aliphatic heterocycles. The molecular weight excluding hydrogens is 186 g/mol. The van der Waals surface area contributed by atoms with Crippen LogP contribution in [0, 0.1) is 5.41 Å². The Bertz CT molecular complexity index is 215. The van der Waals surface area contributed by atoms with Gasteiger partial charge >= 0.3 is 0 Å². The van der Waals surface area contributed by atoms with Crippen LogP contribution >= 0.6 is 0 Å². The number of rotatable bonds is 4. The van der Waals surface area contributed by atoms with Crippen molar-refractivity contribution in [3.05, 3.63) is 11.6 Å². The molecule has 0 saturated heterocycles. The summed E-state index contributed by atoms with van der Waals surface area (Å²) in [6, 6.07) is 0.659. The quantitative estimate of drug-likeness (QED) is 0.570. The van der Waals surface area contributed by atoms with Crippen molar-refractivity contribution in [2.75, 3.05) is 20.3 Å². The Morgan fingerprint density at radius 2 is 2.20 bits per heavy atom. The van der Waals surface area contributed by atoms with Gasteiger partial charge in [0.2, 0.25) is 0 Å². The minimum atomic E-state index is 0.359. The predicted octanol–water partition coefficient (Wildman–Crippen LogP) is 2.75. The highest BCUT2D eigenvalue weighted by Gasteiger charge is 2.21. The summed E-state index contributed by atoms with van der Waals surface area (Å²) >= 11 is 0. The molecule has 1 N–H and O–H groups in total. The van der Waals surface area contributed by atoms with Gasteiger partial charge in [0, 0.05) is 19.7 Å². The Kier molecular flexibility index (Phi) is 4.81. The van der Waals surface area contributed by atoms with E-state index >= 15 is 0 Å². The van der Waals surface area contributed by atoms with Gasteiger partial charge in [-0.3, -0.25) is 0 Å². The van der Waals surface area contributed by atoms with E-state index in [4.69, 9.17) is 4.74 Å². The highest BCUT2D eigenvalue weighted by atomic mass is 16.5. The number of allylic oxidation sites excluding steroid dienone is 1. The second kappa shape index (κ2) is 5.66. The van der Waals surface area contributed by atoms with E-state index in [1.807, 2.05) is 0 Å². The fraction of sp³-hybridized carbons (Fsp3) is 0.846. The van der Waals surface area contributed by atoms with Crippen molar-refractivity contribution in [3.8, 4) is 0 Å². The summed E-state index contributed by atoms with van der Waals surface area (Å²) in [5.41, 5.74) is 1.98. The number of nitrogens with one attached hydrogen (secondary N) is 1. The molecule has 1 aliphatic carbocycles. The molecule has 0 bridgehead atoms. The predicted molar refractivity (Wildman–Crippen MR) is 65.1 cm³/mol. The molecule has 2 nitrogen and oxygen atoms in total. The van der Waals surface area contributed by atoms with E-state index in [9.17, 15) is 0 Å². The van der Waals surface area contributed by atoms with Crippen molar-refractivity contribution in [2.45, 2.75) is 46.1 Å². The van der Waals surface area contributed by atoms with Crippen LogP contribution in [0.2, 0.25) is 0 Å². The number of hydrogen-bond acceptors (Lipinski definition) is 2. The van der Waals surface area contributed by atoms with Crippen LogP contribution in [-0.4, -0.2) is 26.3 Å². The normalized spacial score (nSPS) is 22.7. The van der Waals surface area contributed by atoms with Crippen LogP contribution in [0.15, 0.2) is 11.6 Å². The van der Waals surface area contributed by atoms with Crippen LogP contribution in [0.3, 0.4) is 0 Å². The van der Waals surface area contributed by atoms with Crippen LogP contribution in [0.4, 0.5) is 0 Å². The molecule has 0 aromatic rings. The summed E-state index contributed by atoms with van der Waals surface area (Å²) in [7, 11) is 1.75. The summed E-state index contributed by atoms with van der Waals surface area (Å²) in [5.74, 6) is 0. The van der Waals surface area contributed by atoms with Gasteiger partial charge in [0.1, 0.15) is 0 Å². The standard InChI is InChI=1S/C13H25NO/c1-13(2,3)11-5-7-12(8-6-11)14-9-10-15-4/h5,12,14H,6-10H2,1-4H3. The molecule has 2 heteroatoms. The molecule has 0 radical (unpaired) electrons. The lowest BCUT2D eigenvalue weighted by Crippen LogP contribution is -2.33. The van der Waals surface area contributed by atoms with Crippen molar-refractivity contribution in [1.29, 1.82) is 0 Å². The molecule has 1 unspecified atom stereocenters. The van der Waals surface area contributed by atoms with Gasteiger partial charge in [0.15, 0.2) is 0 Å². The number of hydrogen-bond donors (Lipinski definition) is 1. The van der Waals surface area contributed by atoms with Crippen LogP contribution in [0.5, 0.6) is 0 Å². The zero-order valence-corrected chi connectivity index (χ0v) is 10.6. The lowest BCUT2D eigenvalue weighted by Gasteiger charge is -2.30. The molecule has 15 heavy (non-hydrogen) atoms. The number of methoxy groups -OCH3 is 1. The minimum absolute atomic E-state index is 0.359. The van der Waals surface area contributed by atoms with Crippen molar-refractivity contribution < 1.29 is 4.74 Å². The van der Waals surface area contributed by atoms with Gasteiger partial charge in [-0.1, -0.05) is 32.4 Å². The fourth-order valence-electron chi connectivity index (χ4n) is 2.07. The summed E-state index contributed by atoms with van der Waals surface area (Å²) in [6.45, 7) is 8.69. The van der Waals surface area contributed by atoms with Crippen molar-refractivity contribution in [2.24, 2.45) is 5.41 Å². The van der Waals surface area contributed by atoms with E-state index in [1.165, 1.54) is 19.3 Å². The molecule has 0 amide bonds. The lowest BCUT2D eigenvalue weighted by atomic mass is 9.79. The van der Waals surface area contributed by atoms with Crippen molar-refractivity contribution in [3.63, 3.8) is 0 Å². The zero-order chi connectivity index (χ0) is 11.3. The summed E-state index contributed by atoms with van der Waals surface area (Å²) in [4.78, 5) is 0. The Morgan fingerprint density at radius 1 is 1.47 bits per heavy atom. The fourth-order valence-corrected chi connectivity index (χ4v) is 2.07. The Balaban J connectivity index is 2.31. The highest BCUT2D eigenvalue weighted by Crippen LogP contribution is 2.32. The zero-order valence-electron chi connectivity index (χ0n) is 10.6. The van der Waals surface area contributed by atoms with Gasteiger partial charge in [0.25, 0.3) is 0 Å². The molecule has 0 heterocycles. The van der Waals surface area contributed by atoms with E-state index in [-0.39, 0.29) is 0 Å². The molecule has 1 aliphatic rings. The van der Waals surface area contributed by atoms with E-state index in [0.29, 0.717) is 11.5 Å². The maximum Gasteiger partial charge on any atom is 0.0587 e. The SMILES string of the molecule is COCCNC1CC=C(C(C)(C)C)CC1. The molecule has 0 aromatic heterocycles. The van der Waals surface area contributed by atoms with Gasteiger partial charge in [-0.05, 0) is 24.7 Å². The summed E-state index contributed by atoms with van der Waals surface area (Å²) in [6.07, 6.45) is 6.12. The maximum atomic E-state index is 5.03. The Hall–Kier alpha value is -0.340. The van der Waals surface area contributed by atoms with Crippen LogP contribution in [0.25, 0.3) is 0 Å². The van der Waals surface area contributed by atoms with Crippen molar-refractivity contribution in [1.82, 2.24) is 5.32 Å². The van der Waals surface area contributed by atoms with E-state index in [0.717, 1.165) is 13.2 Å². The van der Waals surface area contributed by atoms with Gasteiger partial charge in [0.05, 0.1) is 6.61 Å². The van der Waals surface area contributed by atoms with Crippen LogP contribution in [-0.2, 0) is 4.74 Å². The minimum Gasteiger partial charge on any atom is -0.383 e. The first kappa shape index (κ1) is 12.7. The van der Waals surface area contributed by atoms with Gasteiger partial charge in [-0.15, -0.1) is 0 Å². The van der Waals surface area contributed by atoms with E-state index in [1.54, 1.807) is 12.7 Å². The van der Waals surface area contributed by atoms with E-state index in [2.05, 4.69) is 32.2 Å². The van der Waals surface area contributed by atoms with Crippen LogP contribution < -0.4 is 5.32 Å². The van der Waals surface area contributed by atoms with E-state index < -0.39 is 0 Å². The molecule has 88 valence electrons. The third-order valence-electron chi connectivity index (χ3n) is 3.11. The summed E-state index contributed by atoms with van der Waals surface area (Å²) < 4.78 is 5.03. The van der Waals surface area contributed by atoms with Gasteiger partial charge < -0.3 is 10.1 Å². The average Bonchev–Trinajstić information content (AvgIpc) is 2.18. The third-order valence-corrected chi connectivity index (χ3v) is 3.11. The molecule has 0 saturated carbocycles.